The lowest BCUT2D eigenvalue weighted by Crippen LogP contribution is -2.37. The first kappa shape index (κ1) is 31.9. The van der Waals surface area contributed by atoms with Crippen LogP contribution in [0.2, 0.25) is 0 Å². The Morgan fingerprint density at radius 3 is 2.44 bits per heavy atom. The zero-order chi connectivity index (χ0) is 30.4. The van der Waals surface area contributed by atoms with Crippen molar-refractivity contribution in [3.63, 3.8) is 0 Å². The zero-order valence-electron chi connectivity index (χ0n) is 25.9. The molecule has 0 aliphatic heterocycles. The summed E-state index contributed by atoms with van der Waals surface area (Å²) >= 11 is 0. The van der Waals surface area contributed by atoms with Crippen LogP contribution in [-0.2, 0) is 14.2 Å². The summed E-state index contributed by atoms with van der Waals surface area (Å²) in [4.78, 5) is 39.1. The number of nitrogens with one attached hydrogen (secondary N) is 3. The number of anilines is 1. The lowest BCUT2D eigenvalue weighted by molar-refractivity contribution is 0.0424. The van der Waals surface area contributed by atoms with Gasteiger partial charge in [-0.05, 0) is 73.9 Å². The first-order valence-electron chi connectivity index (χ1n) is 14.3. The van der Waals surface area contributed by atoms with Gasteiger partial charge in [0.25, 0.3) is 0 Å². The van der Waals surface area contributed by atoms with Crippen LogP contribution < -0.4 is 10.6 Å². The van der Waals surface area contributed by atoms with Gasteiger partial charge in [-0.1, -0.05) is 25.5 Å². The fourth-order valence-corrected chi connectivity index (χ4v) is 4.22. The van der Waals surface area contributed by atoms with Crippen LogP contribution in [0.1, 0.15) is 96.0 Å². The van der Waals surface area contributed by atoms with Crippen LogP contribution in [0, 0.1) is 6.92 Å². The van der Waals surface area contributed by atoms with E-state index in [0.29, 0.717) is 34.9 Å². The third-order valence-electron chi connectivity index (χ3n) is 5.96. The normalized spacial score (nSPS) is 12.7. The molecule has 1 atom stereocenters. The van der Waals surface area contributed by atoms with Gasteiger partial charge in [0, 0.05) is 23.4 Å². The van der Waals surface area contributed by atoms with Crippen molar-refractivity contribution >= 4 is 28.9 Å². The molecule has 0 aliphatic rings. The molecule has 0 fully saturated rings. The number of esters is 1. The summed E-state index contributed by atoms with van der Waals surface area (Å²) in [5, 5.41) is 6.31. The molecule has 2 aromatic heterocycles. The van der Waals surface area contributed by atoms with E-state index in [4.69, 9.17) is 24.2 Å². The summed E-state index contributed by atoms with van der Waals surface area (Å²) in [6.07, 6.45) is 1.23. The lowest BCUT2D eigenvalue weighted by atomic mass is 10.1. The minimum absolute atomic E-state index is 0.139. The molecule has 3 N–H and O–H groups in total. The largest absolute Gasteiger partial charge is 0.462 e. The van der Waals surface area contributed by atoms with Crippen molar-refractivity contribution in [2.24, 2.45) is 0 Å². The van der Waals surface area contributed by atoms with Gasteiger partial charge in [-0.15, -0.1) is 0 Å². The van der Waals surface area contributed by atoms with E-state index < -0.39 is 23.7 Å². The number of aryl methyl sites for hydroxylation is 1. The second-order valence-electron chi connectivity index (χ2n) is 12.1. The maximum atomic E-state index is 13.2. The summed E-state index contributed by atoms with van der Waals surface area (Å²) in [7, 11) is 0. The quantitative estimate of drug-likeness (QED) is 0.172. The van der Waals surface area contributed by atoms with Gasteiger partial charge in [0.2, 0.25) is 0 Å². The predicted molar refractivity (Wildman–Crippen MR) is 161 cm³/mol. The van der Waals surface area contributed by atoms with Gasteiger partial charge in [0.1, 0.15) is 16.9 Å². The van der Waals surface area contributed by atoms with Crippen molar-refractivity contribution in [2.75, 3.05) is 25.1 Å². The number of hydrogen-bond donors (Lipinski definition) is 3. The number of carbonyl (C=O) groups is 2. The molecule has 0 radical (unpaired) electrons. The second kappa shape index (κ2) is 13.3. The molecule has 0 saturated heterocycles. The second-order valence-corrected chi connectivity index (χ2v) is 12.1. The Labute approximate surface area is 243 Å². The summed E-state index contributed by atoms with van der Waals surface area (Å²) in [6, 6.07) is 6.76. The number of H-pyrrole nitrogens is 1. The molecule has 3 rings (SSSR count). The van der Waals surface area contributed by atoms with Gasteiger partial charge in [0.15, 0.2) is 0 Å². The highest BCUT2D eigenvalue weighted by Crippen LogP contribution is 2.32. The van der Waals surface area contributed by atoms with Crippen molar-refractivity contribution in [1.82, 2.24) is 20.3 Å². The monoisotopic (exact) mass is 567 g/mol. The first-order valence-corrected chi connectivity index (χ1v) is 14.3. The van der Waals surface area contributed by atoms with Crippen molar-refractivity contribution in [1.29, 1.82) is 0 Å². The number of nitrogens with zero attached hydrogens (tertiary/aromatic N) is 2. The number of hydrogen-bond acceptors (Lipinski definition) is 8. The van der Waals surface area contributed by atoms with Crippen LogP contribution >= 0.6 is 0 Å². The highest BCUT2D eigenvalue weighted by Gasteiger charge is 2.28. The lowest BCUT2D eigenvalue weighted by Gasteiger charge is -2.24. The van der Waals surface area contributed by atoms with E-state index in [1.54, 1.807) is 33.8 Å². The number of rotatable bonds is 11. The molecule has 1 aromatic carbocycles. The highest BCUT2D eigenvalue weighted by molar-refractivity contribution is 5.96. The summed E-state index contributed by atoms with van der Waals surface area (Å²) in [5.41, 5.74) is 3.43. The Morgan fingerprint density at radius 2 is 1.80 bits per heavy atom. The topological polar surface area (TPSA) is 127 Å². The van der Waals surface area contributed by atoms with E-state index in [2.05, 4.69) is 43.3 Å². The number of carbonyl (C=O) groups excluding carboxylic acids is 2. The van der Waals surface area contributed by atoms with Crippen molar-refractivity contribution < 1.29 is 23.8 Å². The van der Waals surface area contributed by atoms with E-state index >= 15 is 0 Å². The molecule has 1 amide bonds. The summed E-state index contributed by atoms with van der Waals surface area (Å²) in [5.74, 6) is 0.176. The third kappa shape index (κ3) is 8.91. The van der Waals surface area contributed by atoms with Gasteiger partial charge < -0.3 is 29.8 Å². The Balaban J connectivity index is 2.14. The van der Waals surface area contributed by atoms with Crippen molar-refractivity contribution in [3.05, 3.63) is 41.2 Å². The van der Waals surface area contributed by atoms with Gasteiger partial charge >= 0.3 is 12.1 Å². The molecule has 0 aliphatic carbocycles. The van der Waals surface area contributed by atoms with Crippen LogP contribution in [0.25, 0.3) is 22.3 Å². The molecule has 10 nitrogen and oxygen atoms in total. The molecule has 3 aromatic rings. The first-order chi connectivity index (χ1) is 19.2. The fraction of sp³-hybridized carbons (Fsp3) is 0.548. The van der Waals surface area contributed by atoms with Crippen LogP contribution in [0.4, 0.5) is 10.6 Å². The molecule has 1 unspecified atom stereocenters. The van der Waals surface area contributed by atoms with Gasteiger partial charge in [-0.25, -0.2) is 19.6 Å². The molecule has 0 spiro atoms. The number of para-hydroxylation sites is 1. The van der Waals surface area contributed by atoms with Crippen LogP contribution in [0.5, 0.6) is 0 Å². The van der Waals surface area contributed by atoms with E-state index in [1.165, 1.54) is 0 Å². The third-order valence-corrected chi connectivity index (χ3v) is 5.96. The molecule has 2 heterocycles. The predicted octanol–water partition coefficient (Wildman–Crippen LogP) is 6.70. The average Bonchev–Trinajstić information content (AvgIpc) is 3.29. The van der Waals surface area contributed by atoms with Crippen molar-refractivity contribution in [2.45, 2.75) is 92.3 Å². The van der Waals surface area contributed by atoms with E-state index in [0.717, 1.165) is 29.6 Å². The number of unbranched alkanes of at least 4 members (excludes halogenated alkanes) is 1. The molecule has 41 heavy (non-hydrogen) atoms. The van der Waals surface area contributed by atoms with Gasteiger partial charge in [0.05, 0.1) is 41.7 Å². The van der Waals surface area contributed by atoms with Gasteiger partial charge in [-0.2, -0.15) is 0 Å². The number of aromatic nitrogens is 3. The SMILES string of the molecule is CCCCOCC(NC(=O)OC(C)(C)C)c1[nH]c(-c2cccc3nc(C)c(NC(C)(C)C)nc23)cc1C(=O)OCC. The highest BCUT2D eigenvalue weighted by atomic mass is 16.6. The average molecular weight is 568 g/mol. The molecular formula is C31H45N5O5. The number of ether oxygens (including phenoxy) is 3. The van der Waals surface area contributed by atoms with E-state index in [9.17, 15) is 9.59 Å². The molecular weight excluding hydrogens is 522 g/mol. The standard InChI is InChI=1S/C31H45N5O5/c1-10-12-16-39-18-24(34-29(38)41-31(7,8)9)26-21(28(37)40-11-2)17-23(33-26)20-14-13-15-22-25(20)35-27(19(3)32-22)36-30(4,5)6/h13-15,17,24,33H,10-12,16,18H2,1-9H3,(H,34,38)(H,35,36). The smallest absolute Gasteiger partial charge is 0.408 e. The van der Waals surface area contributed by atoms with E-state index in [1.807, 2.05) is 25.1 Å². The van der Waals surface area contributed by atoms with E-state index in [-0.39, 0.29) is 18.8 Å². The number of aromatic amines is 1. The van der Waals surface area contributed by atoms with Gasteiger partial charge in [-0.3, -0.25) is 0 Å². The van der Waals surface area contributed by atoms with Crippen molar-refractivity contribution in [3.8, 4) is 11.3 Å². The molecule has 0 saturated carbocycles. The minimum Gasteiger partial charge on any atom is -0.462 e. The summed E-state index contributed by atoms with van der Waals surface area (Å²) < 4.78 is 16.8. The van der Waals surface area contributed by atoms with Crippen LogP contribution in [-0.4, -0.2) is 58.0 Å². The van der Waals surface area contributed by atoms with Crippen LogP contribution in [0.15, 0.2) is 24.3 Å². The number of alkyl carbamates (subject to hydrolysis) is 1. The maximum Gasteiger partial charge on any atom is 0.408 e. The maximum absolute atomic E-state index is 13.2. The molecule has 224 valence electrons. The zero-order valence-corrected chi connectivity index (χ0v) is 25.9. The summed E-state index contributed by atoms with van der Waals surface area (Å²) in [6.45, 7) is 18.2. The number of fused-ring (bicyclic) bond motifs is 1. The van der Waals surface area contributed by atoms with Crippen LogP contribution in [0.3, 0.4) is 0 Å². The Hall–Kier alpha value is -3.66. The Bertz CT molecular complexity index is 1350. The molecule has 0 bridgehead atoms. The number of amides is 1. The fourth-order valence-electron chi connectivity index (χ4n) is 4.22. The minimum atomic E-state index is -0.698. The molecule has 10 heteroatoms. The Kier molecular flexibility index (Phi) is 10.4. The Morgan fingerprint density at radius 1 is 1.07 bits per heavy atom. The number of benzene rings is 1.